The molecule has 0 aromatic heterocycles. The monoisotopic (exact) mass is 267 g/mol. The third kappa shape index (κ3) is 2.38. The van der Waals surface area contributed by atoms with Gasteiger partial charge in [-0.05, 0) is 25.2 Å². The second-order valence-electron chi connectivity index (χ2n) is 5.69. The first kappa shape index (κ1) is 14.0. The van der Waals surface area contributed by atoms with Crippen LogP contribution in [-0.2, 0) is 14.4 Å². The minimum absolute atomic E-state index is 0.0350. The number of carbonyl (C=O) groups is 3. The van der Waals surface area contributed by atoms with Gasteiger partial charge in [-0.15, -0.1) is 0 Å². The Morgan fingerprint density at radius 1 is 1.26 bits per heavy atom. The topological polar surface area (TPSA) is 74.7 Å². The maximum Gasteiger partial charge on any atom is 0.308 e. The highest BCUT2D eigenvalue weighted by Crippen LogP contribution is 2.44. The van der Waals surface area contributed by atoms with Crippen molar-refractivity contribution in [3.05, 3.63) is 0 Å². The van der Waals surface area contributed by atoms with Crippen LogP contribution in [0.5, 0.6) is 0 Å². The summed E-state index contributed by atoms with van der Waals surface area (Å²) in [5.41, 5.74) is 0. The largest absolute Gasteiger partial charge is 0.481 e. The van der Waals surface area contributed by atoms with Crippen molar-refractivity contribution in [3.8, 4) is 0 Å². The van der Waals surface area contributed by atoms with Crippen molar-refractivity contribution in [1.82, 2.24) is 4.90 Å². The highest BCUT2D eigenvalue weighted by molar-refractivity contribution is 6.05. The molecule has 0 spiro atoms. The van der Waals surface area contributed by atoms with Gasteiger partial charge >= 0.3 is 5.97 Å². The van der Waals surface area contributed by atoms with Gasteiger partial charge in [-0.2, -0.15) is 0 Å². The van der Waals surface area contributed by atoms with Crippen molar-refractivity contribution < 1.29 is 19.5 Å². The van der Waals surface area contributed by atoms with Crippen molar-refractivity contribution in [2.75, 3.05) is 6.54 Å². The van der Waals surface area contributed by atoms with Crippen LogP contribution in [0.4, 0.5) is 0 Å². The second kappa shape index (κ2) is 5.31. The van der Waals surface area contributed by atoms with E-state index in [0.29, 0.717) is 12.3 Å². The van der Waals surface area contributed by atoms with Crippen LogP contribution in [0.25, 0.3) is 0 Å². The SMILES string of the molecule is CCC1CC2C(=O)N(CC(CC)C(=O)O)C(=O)C2C1. The lowest BCUT2D eigenvalue weighted by molar-refractivity contribution is -0.146. The van der Waals surface area contributed by atoms with Crippen LogP contribution in [0.3, 0.4) is 0 Å². The molecule has 0 radical (unpaired) electrons. The lowest BCUT2D eigenvalue weighted by Crippen LogP contribution is -2.38. The molecule has 2 fully saturated rings. The summed E-state index contributed by atoms with van der Waals surface area (Å²) in [5.74, 6) is -1.80. The average molecular weight is 267 g/mol. The summed E-state index contributed by atoms with van der Waals surface area (Å²) in [6.45, 7) is 3.88. The molecule has 2 rings (SSSR count). The Labute approximate surface area is 113 Å². The van der Waals surface area contributed by atoms with E-state index in [0.717, 1.165) is 19.3 Å². The molecule has 0 aromatic rings. The molecule has 106 valence electrons. The fraction of sp³-hybridized carbons (Fsp3) is 0.786. The number of carboxylic acid groups (broad SMARTS) is 1. The third-order valence-electron chi connectivity index (χ3n) is 4.65. The summed E-state index contributed by atoms with van der Waals surface area (Å²) in [4.78, 5) is 36.7. The number of likely N-dealkylation sites (tertiary alicyclic amines) is 1. The summed E-state index contributed by atoms with van der Waals surface area (Å²) >= 11 is 0. The number of hydrogen-bond acceptors (Lipinski definition) is 3. The fourth-order valence-corrected chi connectivity index (χ4v) is 3.31. The molecule has 2 amide bonds. The Kier molecular flexibility index (Phi) is 3.92. The number of hydrogen-bond donors (Lipinski definition) is 1. The molecule has 5 nitrogen and oxygen atoms in total. The van der Waals surface area contributed by atoms with Gasteiger partial charge in [0.25, 0.3) is 0 Å². The number of nitrogens with zero attached hydrogens (tertiary/aromatic N) is 1. The molecule has 1 N–H and O–H groups in total. The number of imide groups is 1. The van der Waals surface area contributed by atoms with Gasteiger partial charge in [-0.1, -0.05) is 20.3 Å². The lowest BCUT2D eigenvalue weighted by Gasteiger charge is -2.20. The molecule has 3 atom stereocenters. The van der Waals surface area contributed by atoms with Crippen molar-refractivity contribution in [3.63, 3.8) is 0 Å². The molecule has 1 saturated carbocycles. The van der Waals surface area contributed by atoms with Crippen LogP contribution in [0.15, 0.2) is 0 Å². The smallest absolute Gasteiger partial charge is 0.308 e. The summed E-state index contributed by atoms with van der Waals surface area (Å²) in [6, 6.07) is 0. The van der Waals surface area contributed by atoms with E-state index in [1.165, 1.54) is 4.90 Å². The van der Waals surface area contributed by atoms with Crippen molar-refractivity contribution >= 4 is 17.8 Å². The minimum Gasteiger partial charge on any atom is -0.481 e. The van der Waals surface area contributed by atoms with Crippen LogP contribution >= 0.6 is 0 Å². The number of fused-ring (bicyclic) bond motifs is 1. The Hall–Kier alpha value is -1.39. The van der Waals surface area contributed by atoms with Gasteiger partial charge in [0.1, 0.15) is 0 Å². The lowest BCUT2D eigenvalue weighted by atomic mass is 10.00. The Morgan fingerprint density at radius 3 is 2.16 bits per heavy atom. The van der Waals surface area contributed by atoms with Gasteiger partial charge in [0.2, 0.25) is 11.8 Å². The van der Waals surface area contributed by atoms with Gasteiger partial charge in [-0.3, -0.25) is 19.3 Å². The maximum atomic E-state index is 12.2. The number of rotatable bonds is 5. The molecule has 5 heteroatoms. The third-order valence-corrected chi connectivity index (χ3v) is 4.65. The van der Waals surface area contributed by atoms with Gasteiger partial charge in [-0.25, -0.2) is 0 Å². The number of amides is 2. The molecule has 0 aromatic carbocycles. The summed E-state index contributed by atoms with van der Waals surface area (Å²) in [5, 5.41) is 9.04. The average Bonchev–Trinajstić information content (AvgIpc) is 2.89. The van der Waals surface area contributed by atoms with Crippen LogP contribution in [-0.4, -0.2) is 34.3 Å². The molecule has 2 aliphatic rings. The minimum atomic E-state index is -0.938. The molecular weight excluding hydrogens is 246 g/mol. The predicted molar refractivity (Wildman–Crippen MR) is 68.1 cm³/mol. The quantitative estimate of drug-likeness (QED) is 0.766. The number of aliphatic carboxylic acids is 1. The van der Waals surface area contributed by atoms with E-state index in [1.54, 1.807) is 6.92 Å². The zero-order valence-corrected chi connectivity index (χ0v) is 11.5. The van der Waals surface area contributed by atoms with Gasteiger partial charge in [0.15, 0.2) is 0 Å². The molecular formula is C14H21NO4. The van der Waals surface area contributed by atoms with Gasteiger partial charge in [0.05, 0.1) is 17.8 Å². The van der Waals surface area contributed by atoms with Crippen molar-refractivity contribution in [2.24, 2.45) is 23.7 Å². The molecule has 19 heavy (non-hydrogen) atoms. The Bertz CT molecular complexity index is 382. The molecule has 0 bridgehead atoms. The van der Waals surface area contributed by atoms with E-state index in [2.05, 4.69) is 6.92 Å². The summed E-state index contributed by atoms with van der Waals surface area (Å²) in [6.07, 6.45) is 3.00. The van der Waals surface area contributed by atoms with E-state index in [9.17, 15) is 14.4 Å². The number of carbonyl (C=O) groups excluding carboxylic acids is 2. The molecule has 1 aliphatic carbocycles. The first-order valence-electron chi connectivity index (χ1n) is 7.07. The van der Waals surface area contributed by atoms with E-state index in [-0.39, 0.29) is 30.2 Å². The zero-order chi connectivity index (χ0) is 14.2. The summed E-state index contributed by atoms with van der Waals surface area (Å²) < 4.78 is 0. The van der Waals surface area contributed by atoms with Crippen molar-refractivity contribution in [2.45, 2.75) is 39.5 Å². The van der Waals surface area contributed by atoms with E-state index < -0.39 is 11.9 Å². The highest BCUT2D eigenvalue weighted by Gasteiger charge is 2.52. The highest BCUT2D eigenvalue weighted by atomic mass is 16.4. The van der Waals surface area contributed by atoms with Gasteiger partial charge < -0.3 is 5.11 Å². The summed E-state index contributed by atoms with van der Waals surface area (Å²) in [7, 11) is 0. The van der Waals surface area contributed by atoms with Crippen molar-refractivity contribution in [1.29, 1.82) is 0 Å². The number of carboxylic acids is 1. The van der Waals surface area contributed by atoms with Gasteiger partial charge in [0, 0.05) is 6.54 Å². The van der Waals surface area contributed by atoms with E-state index in [4.69, 9.17) is 5.11 Å². The molecule has 1 aliphatic heterocycles. The van der Waals surface area contributed by atoms with Crippen LogP contribution in [0, 0.1) is 23.7 Å². The second-order valence-corrected chi connectivity index (χ2v) is 5.69. The van der Waals surface area contributed by atoms with E-state index >= 15 is 0 Å². The maximum absolute atomic E-state index is 12.2. The Morgan fingerprint density at radius 2 is 1.79 bits per heavy atom. The first-order valence-corrected chi connectivity index (χ1v) is 7.07. The predicted octanol–water partition coefficient (Wildman–Crippen LogP) is 1.52. The van der Waals surface area contributed by atoms with E-state index in [1.807, 2.05) is 0 Å². The Balaban J connectivity index is 2.08. The molecule has 1 heterocycles. The zero-order valence-electron chi connectivity index (χ0n) is 11.5. The standard InChI is InChI=1S/C14H21NO4/c1-3-8-5-10-11(6-8)13(17)15(12(10)16)7-9(4-2)14(18)19/h8-11H,3-7H2,1-2H3,(H,18,19). The fourth-order valence-electron chi connectivity index (χ4n) is 3.31. The first-order chi connectivity index (χ1) is 8.99. The van der Waals surface area contributed by atoms with Crippen LogP contribution in [0.1, 0.15) is 39.5 Å². The molecule has 1 saturated heterocycles. The molecule has 3 unspecified atom stereocenters. The van der Waals surface area contributed by atoms with Crippen LogP contribution in [0.2, 0.25) is 0 Å². The normalized spacial score (nSPS) is 31.7. The van der Waals surface area contributed by atoms with Crippen LogP contribution < -0.4 is 0 Å².